The minimum absolute atomic E-state index is 0.0394. The maximum absolute atomic E-state index is 12.1. The molecule has 1 heterocycles. The van der Waals surface area contributed by atoms with Crippen LogP contribution in [-0.4, -0.2) is 21.8 Å². The van der Waals surface area contributed by atoms with Crippen LogP contribution in [0.2, 0.25) is 0 Å². The molecule has 0 bridgehead atoms. The highest BCUT2D eigenvalue weighted by Gasteiger charge is 2.31. The highest BCUT2D eigenvalue weighted by Crippen LogP contribution is 2.36. The summed E-state index contributed by atoms with van der Waals surface area (Å²) in [6.45, 7) is 4.28. The summed E-state index contributed by atoms with van der Waals surface area (Å²) >= 11 is 0. The zero-order valence-corrected chi connectivity index (χ0v) is 13.6. The Balaban J connectivity index is 1.92. The Hall–Kier alpha value is -2.93. The van der Waals surface area contributed by atoms with Gasteiger partial charge in [-0.2, -0.15) is 0 Å². The summed E-state index contributed by atoms with van der Waals surface area (Å²) in [6.07, 6.45) is 2.72. The maximum atomic E-state index is 12.1. The second kappa shape index (κ2) is 5.93. The zero-order chi connectivity index (χ0) is 17.3. The Morgan fingerprint density at radius 1 is 1.21 bits per heavy atom. The Morgan fingerprint density at radius 3 is 2.67 bits per heavy atom. The molecule has 1 aliphatic rings. The second-order valence-electron chi connectivity index (χ2n) is 6.55. The molecule has 0 spiro atoms. The summed E-state index contributed by atoms with van der Waals surface area (Å²) in [5, 5.41) is 8.86. The van der Waals surface area contributed by atoms with Gasteiger partial charge in [0.1, 0.15) is 5.69 Å². The number of benzene rings is 1. The van der Waals surface area contributed by atoms with Crippen molar-refractivity contribution in [2.24, 2.45) is 0 Å². The molecule has 4 heteroatoms. The van der Waals surface area contributed by atoms with Crippen LogP contribution in [-0.2, 0) is 5.41 Å². The SMILES string of the molecule is CC1(C)CCC(=O)c2ccc(C#Cc3ccc(C(=O)O)cn3)cc21. The van der Waals surface area contributed by atoms with Crippen molar-refractivity contribution >= 4 is 11.8 Å². The first kappa shape index (κ1) is 15.9. The molecule has 0 saturated carbocycles. The third-order valence-electron chi connectivity index (χ3n) is 4.37. The molecule has 1 N–H and O–H groups in total. The van der Waals surface area contributed by atoms with E-state index in [0.29, 0.717) is 12.1 Å². The monoisotopic (exact) mass is 319 g/mol. The van der Waals surface area contributed by atoms with E-state index in [2.05, 4.69) is 30.7 Å². The quantitative estimate of drug-likeness (QED) is 0.818. The fraction of sp³-hybridized carbons (Fsp3) is 0.250. The summed E-state index contributed by atoms with van der Waals surface area (Å²) in [4.78, 5) is 26.9. The third-order valence-corrected chi connectivity index (χ3v) is 4.37. The van der Waals surface area contributed by atoms with E-state index in [0.717, 1.165) is 23.1 Å². The lowest BCUT2D eigenvalue weighted by Gasteiger charge is -2.31. The van der Waals surface area contributed by atoms with Gasteiger partial charge in [-0.25, -0.2) is 9.78 Å². The van der Waals surface area contributed by atoms with Crippen LogP contribution < -0.4 is 0 Å². The fourth-order valence-electron chi connectivity index (χ4n) is 2.85. The number of fused-ring (bicyclic) bond motifs is 1. The lowest BCUT2D eigenvalue weighted by Crippen LogP contribution is -2.27. The molecule has 0 saturated heterocycles. The van der Waals surface area contributed by atoms with Crippen molar-refractivity contribution in [1.29, 1.82) is 0 Å². The average Bonchev–Trinajstić information content (AvgIpc) is 2.57. The van der Waals surface area contributed by atoms with Gasteiger partial charge in [0, 0.05) is 23.7 Å². The molecule has 2 aromatic rings. The Bertz CT molecular complexity index is 883. The van der Waals surface area contributed by atoms with E-state index in [1.807, 2.05) is 18.2 Å². The van der Waals surface area contributed by atoms with Crippen molar-refractivity contribution in [3.05, 3.63) is 64.5 Å². The topological polar surface area (TPSA) is 67.3 Å². The molecule has 4 nitrogen and oxygen atoms in total. The minimum Gasteiger partial charge on any atom is -0.478 e. The number of Topliss-reactive ketones (excluding diaryl/α,β-unsaturated/α-hetero) is 1. The number of aromatic nitrogens is 1. The smallest absolute Gasteiger partial charge is 0.337 e. The van der Waals surface area contributed by atoms with E-state index >= 15 is 0 Å². The van der Waals surface area contributed by atoms with Crippen LogP contribution in [0.3, 0.4) is 0 Å². The normalized spacial score (nSPS) is 15.2. The van der Waals surface area contributed by atoms with Gasteiger partial charge < -0.3 is 5.11 Å². The zero-order valence-electron chi connectivity index (χ0n) is 13.6. The van der Waals surface area contributed by atoms with Gasteiger partial charge in [-0.1, -0.05) is 19.8 Å². The van der Waals surface area contributed by atoms with Crippen LogP contribution in [0, 0.1) is 11.8 Å². The molecule has 1 aromatic carbocycles. The van der Waals surface area contributed by atoms with Crippen molar-refractivity contribution in [1.82, 2.24) is 4.98 Å². The van der Waals surface area contributed by atoms with E-state index in [1.54, 1.807) is 6.07 Å². The summed E-state index contributed by atoms with van der Waals surface area (Å²) in [6, 6.07) is 8.74. The Kier molecular flexibility index (Phi) is 3.94. The number of aromatic carboxylic acids is 1. The van der Waals surface area contributed by atoms with E-state index in [9.17, 15) is 9.59 Å². The molecule has 0 amide bonds. The van der Waals surface area contributed by atoms with Crippen molar-refractivity contribution in [2.75, 3.05) is 0 Å². The number of rotatable bonds is 1. The lowest BCUT2D eigenvalue weighted by molar-refractivity contribution is 0.0696. The molecule has 0 unspecified atom stereocenters. The number of pyridine rings is 1. The minimum atomic E-state index is -1.01. The Labute approximate surface area is 140 Å². The van der Waals surface area contributed by atoms with E-state index < -0.39 is 5.97 Å². The van der Waals surface area contributed by atoms with E-state index in [1.165, 1.54) is 12.3 Å². The molecule has 0 fully saturated rings. The van der Waals surface area contributed by atoms with Crippen molar-refractivity contribution in [2.45, 2.75) is 32.1 Å². The molecule has 0 atom stereocenters. The van der Waals surface area contributed by atoms with Crippen LogP contribution in [0.25, 0.3) is 0 Å². The van der Waals surface area contributed by atoms with Gasteiger partial charge in [0.2, 0.25) is 0 Å². The first-order chi connectivity index (χ1) is 11.4. The number of carboxylic acid groups (broad SMARTS) is 1. The highest BCUT2D eigenvalue weighted by atomic mass is 16.4. The predicted molar refractivity (Wildman–Crippen MR) is 90.2 cm³/mol. The highest BCUT2D eigenvalue weighted by molar-refractivity contribution is 5.99. The van der Waals surface area contributed by atoms with E-state index in [-0.39, 0.29) is 16.8 Å². The summed E-state index contributed by atoms with van der Waals surface area (Å²) < 4.78 is 0. The molecule has 3 rings (SSSR count). The second-order valence-corrected chi connectivity index (χ2v) is 6.55. The molecule has 24 heavy (non-hydrogen) atoms. The third kappa shape index (κ3) is 3.07. The molecule has 0 radical (unpaired) electrons. The molecule has 0 aliphatic heterocycles. The number of carbonyl (C=O) groups excluding carboxylic acids is 1. The Morgan fingerprint density at radius 2 is 2.00 bits per heavy atom. The summed E-state index contributed by atoms with van der Waals surface area (Å²) in [5.41, 5.74) is 3.26. The number of carboxylic acids is 1. The first-order valence-electron chi connectivity index (χ1n) is 7.76. The fourth-order valence-corrected chi connectivity index (χ4v) is 2.85. The van der Waals surface area contributed by atoms with E-state index in [4.69, 9.17) is 5.11 Å². The van der Waals surface area contributed by atoms with Crippen LogP contribution in [0.15, 0.2) is 36.5 Å². The lowest BCUT2D eigenvalue weighted by atomic mass is 9.72. The number of carbonyl (C=O) groups is 2. The van der Waals surface area contributed by atoms with Crippen LogP contribution in [0.5, 0.6) is 0 Å². The van der Waals surface area contributed by atoms with Crippen LogP contribution in [0.1, 0.15) is 64.2 Å². The van der Waals surface area contributed by atoms with Gasteiger partial charge in [0.25, 0.3) is 0 Å². The average molecular weight is 319 g/mol. The number of hydrogen-bond acceptors (Lipinski definition) is 3. The van der Waals surface area contributed by atoms with Crippen LogP contribution >= 0.6 is 0 Å². The van der Waals surface area contributed by atoms with Gasteiger partial charge in [0.15, 0.2) is 5.78 Å². The van der Waals surface area contributed by atoms with Crippen molar-refractivity contribution in [3.8, 4) is 11.8 Å². The van der Waals surface area contributed by atoms with Crippen molar-refractivity contribution < 1.29 is 14.7 Å². The molecular formula is C20H17NO3. The van der Waals surface area contributed by atoms with Gasteiger partial charge in [0.05, 0.1) is 5.56 Å². The first-order valence-corrected chi connectivity index (χ1v) is 7.76. The molecular weight excluding hydrogens is 302 g/mol. The molecule has 1 aromatic heterocycles. The van der Waals surface area contributed by atoms with Crippen LogP contribution in [0.4, 0.5) is 0 Å². The predicted octanol–water partition coefficient (Wildman–Crippen LogP) is 3.43. The van der Waals surface area contributed by atoms with Gasteiger partial charge in [-0.05, 0) is 53.7 Å². The summed E-state index contributed by atoms with van der Waals surface area (Å²) in [5.74, 6) is 5.15. The number of nitrogens with zero attached hydrogens (tertiary/aromatic N) is 1. The van der Waals surface area contributed by atoms with Gasteiger partial charge in [-0.3, -0.25) is 4.79 Å². The standard InChI is InChI=1S/C20H17NO3/c1-20(2)10-9-18(22)16-8-4-13(11-17(16)20)3-6-15-7-5-14(12-21-15)19(23)24/h4-5,7-8,11-12H,9-10H2,1-2H3,(H,23,24). The van der Waals surface area contributed by atoms with Crippen molar-refractivity contribution in [3.63, 3.8) is 0 Å². The van der Waals surface area contributed by atoms with Gasteiger partial charge >= 0.3 is 5.97 Å². The number of hydrogen-bond donors (Lipinski definition) is 1. The van der Waals surface area contributed by atoms with Gasteiger partial charge in [-0.15, -0.1) is 0 Å². The maximum Gasteiger partial charge on any atom is 0.337 e. The number of ketones is 1. The molecule has 1 aliphatic carbocycles. The summed E-state index contributed by atoms with van der Waals surface area (Å²) in [7, 11) is 0. The largest absolute Gasteiger partial charge is 0.478 e. The molecule has 120 valence electrons.